The van der Waals surface area contributed by atoms with Gasteiger partial charge in [-0.15, -0.1) is 15.3 Å². The second-order valence-corrected chi connectivity index (χ2v) is 7.81. The monoisotopic (exact) mass is 428 g/mol. The van der Waals surface area contributed by atoms with Crippen LogP contribution in [0.5, 0.6) is 5.75 Å². The minimum absolute atomic E-state index is 0.0531. The smallest absolute Gasteiger partial charge is 0.251 e. The van der Waals surface area contributed by atoms with Gasteiger partial charge in [0.15, 0.2) is 11.5 Å². The number of piperidine rings is 1. The van der Waals surface area contributed by atoms with Gasteiger partial charge in [-0.25, -0.2) is 0 Å². The molecule has 162 valence electrons. The number of carbonyl (C=O) groups is 1. The molecule has 1 amide bonds. The molecule has 8 nitrogen and oxygen atoms in total. The first-order valence-corrected chi connectivity index (χ1v) is 10.7. The molecule has 0 bridgehead atoms. The number of carbonyl (C=O) groups excluding carboxylic acids is 1. The van der Waals surface area contributed by atoms with Gasteiger partial charge in [0.1, 0.15) is 11.6 Å². The van der Waals surface area contributed by atoms with E-state index in [-0.39, 0.29) is 11.9 Å². The lowest BCUT2D eigenvalue weighted by atomic mass is 10.0. The molecule has 1 aliphatic heterocycles. The largest absolute Gasteiger partial charge is 0.497 e. The average Bonchev–Trinajstić information content (AvgIpc) is 3.28. The van der Waals surface area contributed by atoms with Crippen molar-refractivity contribution in [2.24, 2.45) is 0 Å². The van der Waals surface area contributed by atoms with Crippen LogP contribution in [-0.2, 0) is 0 Å². The highest BCUT2D eigenvalue weighted by Gasteiger charge is 2.23. The molecule has 8 heteroatoms. The second-order valence-electron chi connectivity index (χ2n) is 7.81. The van der Waals surface area contributed by atoms with Crippen molar-refractivity contribution in [2.45, 2.75) is 18.9 Å². The number of methoxy groups -OCH3 is 1. The number of nitrogens with zero attached hydrogens (tertiary/aromatic N) is 5. The SMILES string of the molecule is COc1ccc(C(=O)NC2CCN(c3ccc4nnc(-c5ccccc5)n4n3)CC2)cc1. The Kier molecular flexibility index (Phi) is 5.41. The third-order valence-corrected chi connectivity index (χ3v) is 5.79. The van der Waals surface area contributed by atoms with Crippen molar-refractivity contribution < 1.29 is 9.53 Å². The average molecular weight is 428 g/mol. The highest BCUT2D eigenvalue weighted by Crippen LogP contribution is 2.22. The maximum absolute atomic E-state index is 12.6. The highest BCUT2D eigenvalue weighted by atomic mass is 16.5. The molecule has 4 aromatic rings. The lowest BCUT2D eigenvalue weighted by Crippen LogP contribution is -2.45. The van der Waals surface area contributed by atoms with E-state index in [2.05, 4.69) is 20.4 Å². The quantitative estimate of drug-likeness (QED) is 0.526. The summed E-state index contributed by atoms with van der Waals surface area (Å²) < 4.78 is 6.95. The fourth-order valence-corrected chi connectivity index (χ4v) is 3.98. The zero-order chi connectivity index (χ0) is 21.9. The number of benzene rings is 2. The molecule has 32 heavy (non-hydrogen) atoms. The molecule has 1 fully saturated rings. The number of ether oxygens (including phenoxy) is 1. The Labute approximate surface area is 185 Å². The van der Waals surface area contributed by atoms with Crippen molar-refractivity contribution in [3.8, 4) is 17.1 Å². The van der Waals surface area contributed by atoms with E-state index < -0.39 is 0 Å². The molecule has 0 unspecified atom stereocenters. The molecule has 0 saturated carbocycles. The molecule has 3 heterocycles. The van der Waals surface area contributed by atoms with Gasteiger partial charge in [-0.3, -0.25) is 4.79 Å². The number of hydrogen-bond donors (Lipinski definition) is 1. The fraction of sp³-hybridized carbons (Fsp3) is 0.250. The fourth-order valence-electron chi connectivity index (χ4n) is 3.98. The Morgan fingerprint density at radius 2 is 1.72 bits per heavy atom. The topological polar surface area (TPSA) is 84.6 Å². The Bertz CT molecular complexity index is 1210. The zero-order valence-electron chi connectivity index (χ0n) is 17.8. The van der Waals surface area contributed by atoms with Crippen molar-refractivity contribution in [2.75, 3.05) is 25.1 Å². The van der Waals surface area contributed by atoms with E-state index in [1.54, 1.807) is 35.9 Å². The van der Waals surface area contributed by atoms with Crippen molar-refractivity contribution in [1.82, 2.24) is 25.1 Å². The van der Waals surface area contributed by atoms with Crippen LogP contribution in [0.3, 0.4) is 0 Å². The molecule has 0 spiro atoms. The summed E-state index contributed by atoms with van der Waals surface area (Å²) in [5.74, 6) is 2.30. The molecular formula is C24H24N6O2. The zero-order valence-corrected chi connectivity index (χ0v) is 17.8. The number of fused-ring (bicyclic) bond motifs is 1. The molecule has 0 radical (unpaired) electrons. The molecular weight excluding hydrogens is 404 g/mol. The maximum Gasteiger partial charge on any atom is 0.251 e. The molecule has 5 rings (SSSR count). The minimum Gasteiger partial charge on any atom is -0.497 e. The number of amides is 1. The first-order chi connectivity index (χ1) is 15.7. The van der Waals surface area contributed by atoms with E-state index in [1.807, 2.05) is 42.5 Å². The lowest BCUT2D eigenvalue weighted by molar-refractivity contribution is 0.0931. The number of anilines is 1. The van der Waals surface area contributed by atoms with E-state index in [9.17, 15) is 4.79 Å². The molecule has 2 aromatic carbocycles. The van der Waals surface area contributed by atoms with E-state index in [4.69, 9.17) is 9.84 Å². The Balaban J connectivity index is 1.25. The minimum atomic E-state index is -0.0531. The van der Waals surface area contributed by atoms with Gasteiger partial charge in [-0.2, -0.15) is 4.52 Å². The molecule has 1 saturated heterocycles. The molecule has 2 aromatic heterocycles. The first kappa shape index (κ1) is 20.0. The maximum atomic E-state index is 12.6. The summed E-state index contributed by atoms with van der Waals surface area (Å²) in [7, 11) is 1.61. The third-order valence-electron chi connectivity index (χ3n) is 5.79. The van der Waals surface area contributed by atoms with Gasteiger partial charge in [-0.1, -0.05) is 30.3 Å². The van der Waals surface area contributed by atoms with Gasteiger partial charge in [0.2, 0.25) is 0 Å². The van der Waals surface area contributed by atoms with Gasteiger partial charge in [0.05, 0.1) is 7.11 Å². The van der Waals surface area contributed by atoms with Gasteiger partial charge in [-0.05, 0) is 49.2 Å². The van der Waals surface area contributed by atoms with Crippen LogP contribution in [-0.4, -0.2) is 52.0 Å². The predicted octanol–water partition coefficient (Wildman–Crippen LogP) is 3.20. The number of aromatic nitrogens is 4. The predicted molar refractivity (Wildman–Crippen MR) is 122 cm³/mol. The molecule has 0 aliphatic carbocycles. The van der Waals surface area contributed by atoms with E-state index >= 15 is 0 Å². The van der Waals surface area contributed by atoms with Crippen LogP contribution in [0.1, 0.15) is 23.2 Å². The lowest BCUT2D eigenvalue weighted by Gasteiger charge is -2.33. The van der Waals surface area contributed by atoms with Crippen LogP contribution in [0, 0.1) is 0 Å². The van der Waals surface area contributed by atoms with E-state index in [0.29, 0.717) is 11.2 Å². The summed E-state index contributed by atoms with van der Waals surface area (Å²) in [6, 6.07) is 21.2. The first-order valence-electron chi connectivity index (χ1n) is 10.7. The Morgan fingerprint density at radius 3 is 2.44 bits per heavy atom. The number of nitrogens with one attached hydrogen (secondary N) is 1. The standard InChI is InChI=1S/C24H24N6O2/c1-32-20-9-7-18(8-10-20)24(31)25-19-13-15-29(16-14-19)22-12-11-21-26-27-23(30(21)28-22)17-5-3-2-4-6-17/h2-12,19H,13-16H2,1H3,(H,25,31). The van der Waals surface area contributed by atoms with Crippen LogP contribution < -0.4 is 15.0 Å². The highest BCUT2D eigenvalue weighted by molar-refractivity contribution is 5.94. The summed E-state index contributed by atoms with van der Waals surface area (Å²) in [5, 5.41) is 16.5. The summed E-state index contributed by atoms with van der Waals surface area (Å²) in [4.78, 5) is 14.8. The Hall–Kier alpha value is -3.94. The van der Waals surface area contributed by atoms with Crippen LogP contribution >= 0.6 is 0 Å². The van der Waals surface area contributed by atoms with Gasteiger partial charge >= 0.3 is 0 Å². The van der Waals surface area contributed by atoms with Crippen molar-refractivity contribution in [1.29, 1.82) is 0 Å². The van der Waals surface area contributed by atoms with Crippen LogP contribution in [0.4, 0.5) is 5.82 Å². The van der Waals surface area contributed by atoms with Crippen molar-refractivity contribution in [3.05, 3.63) is 72.3 Å². The molecule has 1 aliphatic rings. The van der Waals surface area contributed by atoms with Crippen molar-refractivity contribution in [3.63, 3.8) is 0 Å². The Morgan fingerprint density at radius 1 is 0.969 bits per heavy atom. The normalized spacial score (nSPS) is 14.5. The molecule has 1 N–H and O–H groups in total. The van der Waals surface area contributed by atoms with Crippen LogP contribution in [0.15, 0.2) is 66.7 Å². The van der Waals surface area contributed by atoms with Crippen LogP contribution in [0.25, 0.3) is 17.0 Å². The van der Waals surface area contributed by atoms with Gasteiger partial charge < -0.3 is 15.0 Å². The number of hydrogen-bond acceptors (Lipinski definition) is 6. The summed E-state index contributed by atoms with van der Waals surface area (Å²) in [5.41, 5.74) is 2.33. The summed E-state index contributed by atoms with van der Waals surface area (Å²) in [6.45, 7) is 1.63. The summed E-state index contributed by atoms with van der Waals surface area (Å²) in [6.07, 6.45) is 1.71. The number of rotatable bonds is 5. The van der Waals surface area contributed by atoms with Gasteiger partial charge in [0.25, 0.3) is 5.91 Å². The second kappa shape index (κ2) is 8.66. The van der Waals surface area contributed by atoms with Gasteiger partial charge in [0, 0.05) is 30.3 Å². The summed E-state index contributed by atoms with van der Waals surface area (Å²) >= 11 is 0. The van der Waals surface area contributed by atoms with Crippen LogP contribution in [0.2, 0.25) is 0 Å². The molecule has 0 atom stereocenters. The van der Waals surface area contributed by atoms with E-state index in [1.165, 1.54) is 0 Å². The van der Waals surface area contributed by atoms with E-state index in [0.717, 1.165) is 48.9 Å². The van der Waals surface area contributed by atoms with Crippen molar-refractivity contribution >= 4 is 17.4 Å². The third kappa shape index (κ3) is 3.99.